The van der Waals surface area contributed by atoms with Crippen molar-refractivity contribution in [2.45, 2.75) is 12.5 Å². The van der Waals surface area contributed by atoms with Crippen LogP contribution in [0.5, 0.6) is 0 Å². The first-order valence-electron chi connectivity index (χ1n) is 7.62. The number of carbonyl (C=O) groups excluding carboxylic acids is 2. The Hall–Kier alpha value is -3.28. The van der Waals surface area contributed by atoms with Crippen molar-refractivity contribution in [1.82, 2.24) is 15.3 Å². The van der Waals surface area contributed by atoms with E-state index in [-0.39, 0.29) is 30.0 Å². The average molecular weight is 318 g/mol. The van der Waals surface area contributed by atoms with Gasteiger partial charge in [0.05, 0.1) is 29.7 Å². The molecule has 0 saturated heterocycles. The molecule has 0 spiro atoms. The predicted octanol–water partition coefficient (Wildman–Crippen LogP) is 2.44. The molecule has 0 bridgehead atoms. The van der Waals surface area contributed by atoms with E-state index in [1.54, 1.807) is 0 Å². The van der Waals surface area contributed by atoms with Crippen molar-refractivity contribution in [3.05, 3.63) is 66.0 Å². The number of carbonyl (C=O) groups is 2. The zero-order chi connectivity index (χ0) is 16.5. The van der Waals surface area contributed by atoms with Crippen LogP contribution >= 0.6 is 0 Å². The maximum atomic E-state index is 12.5. The number of para-hydroxylation sites is 3. The van der Waals surface area contributed by atoms with Gasteiger partial charge in [0.1, 0.15) is 5.69 Å². The van der Waals surface area contributed by atoms with E-state index >= 15 is 0 Å². The van der Waals surface area contributed by atoms with Crippen LogP contribution in [0.3, 0.4) is 0 Å². The highest BCUT2D eigenvalue weighted by Gasteiger charge is 2.26. The predicted molar refractivity (Wildman–Crippen MR) is 89.4 cm³/mol. The van der Waals surface area contributed by atoms with Gasteiger partial charge >= 0.3 is 0 Å². The van der Waals surface area contributed by atoms with Crippen molar-refractivity contribution in [3.8, 4) is 0 Å². The highest BCUT2D eigenvalue weighted by atomic mass is 16.2. The number of aromatic nitrogens is 2. The molecule has 1 atom stereocenters. The van der Waals surface area contributed by atoms with Crippen LogP contribution in [-0.4, -0.2) is 21.8 Å². The SMILES string of the molecule is O=C1C[C@H](NC(=O)c2cnc3ccccc3n2)c2ccccc2N1. The van der Waals surface area contributed by atoms with Gasteiger partial charge in [0.25, 0.3) is 5.91 Å². The fraction of sp³-hybridized carbons (Fsp3) is 0.111. The van der Waals surface area contributed by atoms with Gasteiger partial charge in [-0.25, -0.2) is 4.98 Å². The Morgan fingerprint density at radius 2 is 1.83 bits per heavy atom. The number of hydrogen-bond acceptors (Lipinski definition) is 4. The topological polar surface area (TPSA) is 84.0 Å². The number of hydrogen-bond donors (Lipinski definition) is 2. The van der Waals surface area contributed by atoms with E-state index in [1.807, 2.05) is 48.5 Å². The van der Waals surface area contributed by atoms with Gasteiger partial charge in [-0.15, -0.1) is 0 Å². The van der Waals surface area contributed by atoms with Crippen LogP contribution in [-0.2, 0) is 4.79 Å². The zero-order valence-electron chi connectivity index (χ0n) is 12.7. The molecule has 6 nitrogen and oxygen atoms in total. The van der Waals surface area contributed by atoms with E-state index in [2.05, 4.69) is 20.6 Å². The van der Waals surface area contributed by atoms with Crippen LogP contribution in [0.15, 0.2) is 54.7 Å². The molecule has 0 fully saturated rings. The number of rotatable bonds is 2. The molecule has 118 valence electrons. The summed E-state index contributed by atoms with van der Waals surface area (Å²) >= 11 is 0. The molecule has 1 aliphatic heterocycles. The Morgan fingerprint density at radius 3 is 2.71 bits per heavy atom. The second kappa shape index (κ2) is 5.73. The minimum Gasteiger partial charge on any atom is -0.343 e. The van der Waals surface area contributed by atoms with Crippen molar-refractivity contribution < 1.29 is 9.59 Å². The van der Waals surface area contributed by atoms with Crippen molar-refractivity contribution in [3.63, 3.8) is 0 Å². The number of nitrogens with zero attached hydrogens (tertiary/aromatic N) is 2. The summed E-state index contributed by atoms with van der Waals surface area (Å²) in [5, 5.41) is 5.69. The summed E-state index contributed by atoms with van der Waals surface area (Å²) in [6.45, 7) is 0. The third-order valence-electron chi connectivity index (χ3n) is 3.99. The Labute approximate surface area is 137 Å². The second-order valence-corrected chi connectivity index (χ2v) is 5.61. The number of anilines is 1. The Bertz CT molecular complexity index is 954. The highest BCUT2D eigenvalue weighted by molar-refractivity contribution is 5.97. The molecule has 2 amide bonds. The van der Waals surface area contributed by atoms with E-state index in [4.69, 9.17) is 0 Å². The fourth-order valence-electron chi connectivity index (χ4n) is 2.84. The Balaban J connectivity index is 1.62. The Kier molecular flexibility index (Phi) is 3.42. The third kappa shape index (κ3) is 2.58. The van der Waals surface area contributed by atoms with Gasteiger partial charge in [-0.05, 0) is 23.8 Å². The fourth-order valence-corrected chi connectivity index (χ4v) is 2.84. The summed E-state index contributed by atoms with van der Waals surface area (Å²) in [5.41, 5.74) is 3.24. The molecule has 4 rings (SSSR count). The second-order valence-electron chi connectivity index (χ2n) is 5.61. The van der Waals surface area contributed by atoms with Gasteiger partial charge in [-0.3, -0.25) is 14.6 Å². The highest BCUT2D eigenvalue weighted by Crippen LogP contribution is 2.30. The molecule has 2 aromatic carbocycles. The molecule has 24 heavy (non-hydrogen) atoms. The summed E-state index contributed by atoms with van der Waals surface area (Å²) in [6, 6.07) is 14.4. The number of amides is 2. The lowest BCUT2D eigenvalue weighted by atomic mass is 9.97. The average Bonchev–Trinajstić information content (AvgIpc) is 2.61. The summed E-state index contributed by atoms with van der Waals surface area (Å²) in [7, 11) is 0. The van der Waals surface area contributed by atoms with Crippen LogP contribution in [0.2, 0.25) is 0 Å². The van der Waals surface area contributed by atoms with Crippen molar-refractivity contribution in [2.24, 2.45) is 0 Å². The summed E-state index contributed by atoms with van der Waals surface area (Å²) < 4.78 is 0. The molecule has 0 radical (unpaired) electrons. The van der Waals surface area contributed by atoms with E-state index in [0.717, 1.165) is 16.8 Å². The lowest BCUT2D eigenvalue weighted by Crippen LogP contribution is -2.35. The van der Waals surface area contributed by atoms with E-state index < -0.39 is 0 Å². The van der Waals surface area contributed by atoms with Crippen LogP contribution in [0.4, 0.5) is 5.69 Å². The van der Waals surface area contributed by atoms with Crippen LogP contribution in [0.25, 0.3) is 11.0 Å². The standard InChI is InChI=1S/C18H14N4O2/c23-17-9-15(11-5-1-2-6-12(11)21-17)22-18(24)16-10-19-13-7-3-4-8-14(13)20-16/h1-8,10,15H,9H2,(H,21,23)(H,22,24)/t15-/m0/s1. The molecule has 2 heterocycles. The molecule has 0 aliphatic carbocycles. The lowest BCUT2D eigenvalue weighted by molar-refractivity contribution is -0.116. The van der Waals surface area contributed by atoms with Gasteiger partial charge < -0.3 is 10.6 Å². The number of benzene rings is 2. The zero-order valence-corrected chi connectivity index (χ0v) is 12.7. The van der Waals surface area contributed by atoms with E-state index in [9.17, 15) is 9.59 Å². The number of nitrogens with one attached hydrogen (secondary N) is 2. The normalized spacial score (nSPS) is 16.3. The largest absolute Gasteiger partial charge is 0.343 e. The van der Waals surface area contributed by atoms with Crippen molar-refractivity contribution in [1.29, 1.82) is 0 Å². The first-order valence-corrected chi connectivity index (χ1v) is 7.62. The maximum Gasteiger partial charge on any atom is 0.272 e. The summed E-state index contributed by atoms with van der Waals surface area (Å²) in [4.78, 5) is 33.0. The van der Waals surface area contributed by atoms with Gasteiger partial charge in [0.15, 0.2) is 0 Å². The molecule has 1 aliphatic rings. The van der Waals surface area contributed by atoms with Gasteiger partial charge in [0.2, 0.25) is 5.91 Å². The quantitative estimate of drug-likeness (QED) is 0.760. The summed E-state index contributed by atoms with van der Waals surface area (Å²) in [6.07, 6.45) is 1.65. The van der Waals surface area contributed by atoms with Gasteiger partial charge in [-0.2, -0.15) is 0 Å². The minimum absolute atomic E-state index is 0.122. The third-order valence-corrected chi connectivity index (χ3v) is 3.99. The first kappa shape index (κ1) is 14.3. The summed E-state index contributed by atoms with van der Waals surface area (Å²) in [5.74, 6) is -0.466. The molecule has 0 unspecified atom stereocenters. The lowest BCUT2D eigenvalue weighted by Gasteiger charge is -2.26. The maximum absolute atomic E-state index is 12.5. The van der Waals surface area contributed by atoms with E-state index in [1.165, 1.54) is 6.20 Å². The van der Waals surface area contributed by atoms with Crippen molar-refractivity contribution >= 4 is 28.5 Å². The molecule has 1 aromatic heterocycles. The number of fused-ring (bicyclic) bond motifs is 2. The molecular weight excluding hydrogens is 304 g/mol. The van der Waals surface area contributed by atoms with Gasteiger partial charge in [0, 0.05) is 5.69 Å². The van der Waals surface area contributed by atoms with E-state index in [0.29, 0.717) is 5.52 Å². The smallest absolute Gasteiger partial charge is 0.272 e. The molecular formula is C18H14N4O2. The van der Waals surface area contributed by atoms with Crippen LogP contribution in [0.1, 0.15) is 28.5 Å². The van der Waals surface area contributed by atoms with Crippen molar-refractivity contribution in [2.75, 3.05) is 5.32 Å². The van der Waals surface area contributed by atoms with Gasteiger partial charge in [-0.1, -0.05) is 30.3 Å². The van der Waals surface area contributed by atoms with Crippen LogP contribution in [0, 0.1) is 0 Å². The minimum atomic E-state index is -0.379. The van der Waals surface area contributed by atoms with Crippen LogP contribution < -0.4 is 10.6 Å². The molecule has 2 N–H and O–H groups in total. The molecule has 3 aromatic rings. The Morgan fingerprint density at radius 1 is 1.08 bits per heavy atom. The first-order chi connectivity index (χ1) is 11.7. The molecule has 6 heteroatoms. The monoisotopic (exact) mass is 318 g/mol. The molecule has 0 saturated carbocycles.